The minimum Gasteiger partial charge on any atom is -0.459 e. The fraction of sp³-hybridized carbons (Fsp3) is 0.722. The fourth-order valence-corrected chi connectivity index (χ4v) is 4.23. The summed E-state index contributed by atoms with van der Waals surface area (Å²) in [5.74, 6) is 0.380. The molecule has 132 valence electrons. The molecule has 0 aromatic carbocycles. The Bertz CT molecular complexity index is 541. The van der Waals surface area contributed by atoms with E-state index < -0.39 is 0 Å². The van der Waals surface area contributed by atoms with Gasteiger partial charge in [0, 0.05) is 13.1 Å². The maximum absolute atomic E-state index is 12.6. The van der Waals surface area contributed by atoms with Gasteiger partial charge in [0.1, 0.15) is 6.10 Å². The molecule has 2 aliphatic heterocycles. The van der Waals surface area contributed by atoms with Crippen molar-refractivity contribution in [3.05, 3.63) is 24.2 Å². The van der Waals surface area contributed by atoms with Gasteiger partial charge in [0.15, 0.2) is 5.76 Å². The van der Waals surface area contributed by atoms with E-state index in [-0.39, 0.29) is 24.2 Å². The Balaban J connectivity index is 1.33. The minimum atomic E-state index is -0.0315. The number of morpholine rings is 1. The van der Waals surface area contributed by atoms with Crippen LogP contribution < -0.4 is 0 Å². The van der Waals surface area contributed by atoms with Crippen molar-refractivity contribution < 1.29 is 18.7 Å². The monoisotopic (exact) mass is 334 g/mol. The average molecular weight is 334 g/mol. The number of ether oxygens (including phenoxy) is 2. The minimum absolute atomic E-state index is 0.00348. The number of likely N-dealkylation sites (tertiary alicyclic amines) is 1. The zero-order chi connectivity index (χ0) is 16.4. The summed E-state index contributed by atoms with van der Waals surface area (Å²) in [6.07, 6.45) is 6.15. The molecule has 24 heavy (non-hydrogen) atoms. The van der Waals surface area contributed by atoms with Crippen LogP contribution in [0.1, 0.15) is 36.2 Å². The third-order valence-electron chi connectivity index (χ3n) is 5.47. The number of rotatable bonds is 5. The van der Waals surface area contributed by atoms with E-state index in [2.05, 4.69) is 4.90 Å². The molecule has 2 saturated heterocycles. The second-order valence-electron chi connectivity index (χ2n) is 6.91. The van der Waals surface area contributed by atoms with Gasteiger partial charge < -0.3 is 23.7 Å². The highest BCUT2D eigenvalue weighted by Crippen LogP contribution is 2.33. The molecule has 3 heterocycles. The van der Waals surface area contributed by atoms with Crippen LogP contribution in [-0.4, -0.2) is 73.3 Å². The van der Waals surface area contributed by atoms with Crippen molar-refractivity contribution in [2.75, 3.05) is 39.4 Å². The Morgan fingerprint density at radius 1 is 1.25 bits per heavy atom. The molecule has 1 aromatic heterocycles. The highest BCUT2D eigenvalue weighted by molar-refractivity contribution is 5.91. The first kappa shape index (κ1) is 16.1. The number of hydrogen-bond acceptors (Lipinski definition) is 5. The highest BCUT2D eigenvalue weighted by Gasteiger charge is 2.45. The molecule has 3 atom stereocenters. The quantitative estimate of drug-likeness (QED) is 0.821. The van der Waals surface area contributed by atoms with Crippen molar-refractivity contribution in [1.82, 2.24) is 9.80 Å². The molecular formula is C18H26N2O4. The fourth-order valence-electron chi connectivity index (χ4n) is 4.23. The summed E-state index contributed by atoms with van der Waals surface area (Å²) in [7, 11) is 0. The van der Waals surface area contributed by atoms with Gasteiger partial charge in [0.2, 0.25) is 0 Å². The maximum atomic E-state index is 12.6. The van der Waals surface area contributed by atoms with E-state index in [1.807, 2.05) is 4.90 Å². The molecule has 0 spiro atoms. The molecule has 3 aliphatic rings. The molecule has 0 N–H and O–H groups in total. The largest absolute Gasteiger partial charge is 0.459 e. The van der Waals surface area contributed by atoms with Crippen LogP contribution in [-0.2, 0) is 9.47 Å². The Labute approximate surface area is 142 Å². The van der Waals surface area contributed by atoms with Crippen molar-refractivity contribution >= 4 is 5.91 Å². The standard InChI is InChI=1S/C18H26N2O4/c21-18(16-4-3-11-22-16)20-10-13-24-17-14(20)5-6-15(17)23-12-9-19-7-1-2-8-19/h3-4,11,14-15,17H,1-2,5-10,12-13H2/t14-,15+,17+/m0/s1. The Morgan fingerprint density at radius 2 is 2.12 bits per heavy atom. The molecule has 6 nitrogen and oxygen atoms in total. The number of carbonyl (C=O) groups is 1. The lowest BCUT2D eigenvalue weighted by Gasteiger charge is -2.38. The first-order valence-electron chi connectivity index (χ1n) is 9.13. The van der Waals surface area contributed by atoms with Crippen LogP contribution >= 0.6 is 0 Å². The van der Waals surface area contributed by atoms with Gasteiger partial charge in [0.25, 0.3) is 5.91 Å². The van der Waals surface area contributed by atoms with E-state index in [1.54, 1.807) is 18.4 Å². The molecule has 1 amide bonds. The summed E-state index contributed by atoms with van der Waals surface area (Å²) in [6.45, 7) is 5.34. The maximum Gasteiger partial charge on any atom is 0.289 e. The number of furan rings is 1. The predicted molar refractivity (Wildman–Crippen MR) is 87.9 cm³/mol. The van der Waals surface area contributed by atoms with E-state index in [0.717, 1.165) is 26.0 Å². The van der Waals surface area contributed by atoms with Crippen molar-refractivity contribution in [3.63, 3.8) is 0 Å². The van der Waals surface area contributed by atoms with E-state index in [9.17, 15) is 4.79 Å². The van der Waals surface area contributed by atoms with Gasteiger partial charge in [-0.2, -0.15) is 0 Å². The first-order chi connectivity index (χ1) is 11.8. The third kappa shape index (κ3) is 3.23. The molecule has 3 fully saturated rings. The topological polar surface area (TPSA) is 55.2 Å². The average Bonchev–Trinajstić information content (AvgIpc) is 3.36. The Kier molecular flexibility index (Phi) is 4.87. The lowest BCUT2D eigenvalue weighted by Crippen LogP contribution is -2.54. The molecule has 0 radical (unpaired) electrons. The second-order valence-corrected chi connectivity index (χ2v) is 6.91. The zero-order valence-electron chi connectivity index (χ0n) is 14.1. The molecular weight excluding hydrogens is 308 g/mol. The van der Waals surface area contributed by atoms with Crippen LogP contribution in [0.3, 0.4) is 0 Å². The predicted octanol–water partition coefficient (Wildman–Crippen LogP) is 1.76. The van der Waals surface area contributed by atoms with Crippen LogP contribution in [0, 0.1) is 0 Å². The lowest BCUT2D eigenvalue weighted by molar-refractivity contribution is -0.106. The summed E-state index contributed by atoms with van der Waals surface area (Å²) in [6, 6.07) is 3.59. The molecule has 0 bridgehead atoms. The summed E-state index contributed by atoms with van der Waals surface area (Å²) >= 11 is 0. The SMILES string of the molecule is O=C(c1ccco1)N1CCO[C@H]2[C@H](OCCN3CCCC3)CC[C@@H]21. The first-order valence-corrected chi connectivity index (χ1v) is 9.13. The van der Waals surface area contributed by atoms with Crippen LogP contribution in [0.25, 0.3) is 0 Å². The van der Waals surface area contributed by atoms with E-state index in [0.29, 0.717) is 18.9 Å². The zero-order valence-corrected chi connectivity index (χ0v) is 14.1. The van der Waals surface area contributed by atoms with Gasteiger partial charge in [-0.05, 0) is 50.9 Å². The Morgan fingerprint density at radius 3 is 2.92 bits per heavy atom. The molecule has 1 saturated carbocycles. The van der Waals surface area contributed by atoms with Gasteiger partial charge in [-0.1, -0.05) is 0 Å². The van der Waals surface area contributed by atoms with Gasteiger partial charge in [-0.15, -0.1) is 0 Å². The normalized spacial score (nSPS) is 30.7. The lowest BCUT2D eigenvalue weighted by atomic mass is 10.1. The van der Waals surface area contributed by atoms with E-state index in [4.69, 9.17) is 13.9 Å². The third-order valence-corrected chi connectivity index (χ3v) is 5.47. The Hall–Kier alpha value is -1.37. The smallest absolute Gasteiger partial charge is 0.289 e. The van der Waals surface area contributed by atoms with Crippen LogP contribution in [0.5, 0.6) is 0 Å². The number of amides is 1. The van der Waals surface area contributed by atoms with Crippen LogP contribution in [0.15, 0.2) is 22.8 Å². The molecule has 6 heteroatoms. The highest BCUT2D eigenvalue weighted by atomic mass is 16.5. The van der Waals surface area contributed by atoms with E-state index >= 15 is 0 Å². The van der Waals surface area contributed by atoms with Crippen LogP contribution in [0.4, 0.5) is 0 Å². The summed E-state index contributed by atoms with van der Waals surface area (Å²) in [5, 5.41) is 0. The van der Waals surface area contributed by atoms with Crippen molar-refractivity contribution in [2.45, 2.75) is 43.9 Å². The summed E-state index contributed by atoms with van der Waals surface area (Å²) in [5.41, 5.74) is 0. The van der Waals surface area contributed by atoms with Gasteiger partial charge in [0.05, 0.1) is 31.6 Å². The number of carbonyl (C=O) groups excluding carboxylic acids is 1. The number of fused-ring (bicyclic) bond motifs is 1. The molecule has 1 aliphatic carbocycles. The van der Waals surface area contributed by atoms with Gasteiger partial charge in [-0.25, -0.2) is 0 Å². The van der Waals surface area contributed by atoms with Gasteiger partial charge >= 0.3 is 0 Å². The van der Waals surface area contributed by atoms with Crippen molar-refractivity contribution in [1.29, 1.82) is 0 Å². The molecule has 0 unspecified atom stereocenters. The van der Waals surface area contributed by atoms with Crippen molar-refractivity contribution in [3.8, 4) is 0 Å². The molecule has 4 rings (SSSR count). The summed E-state index contributed by atoms with van der Waals surface area (Å²) < 4.78 is 17.4. The number of hydrogen-bond donors (Lipinski definition) is 0. The second kappa shape index (κ2) is 7.25. The van der Waals surface area contributed by atoms with Gasteiger partial charge in [-0.3, -0.25) is 4.79 Å². The van der Waals surface area contributed by atoms with Crippen LogP contribution in [0.2, 0.25) is 0 Å². The molecule has 1 aromatic rings. The summed E-state index contributed by atoms with van der Waals surface area (Å²) in [4.78, 5) is 17.0. The number of nitrogens with zero attached hydrogens (tertiary/aromatic N) is 2. The van der Waals surface area contributed by atoms with Crippen molar-refractivity contribution in [2.24, 2.45) is 0 Å². The van der Waals surface area contributed by atoms with E-state index in [1.165, 1.54) is 25.9 Å².